The number of hydrogen-bond donors (Lipinski definition) is 3. The van der Waals surface area contributed by atoms with Crippen molar-refractivity contribution < 1.29 is 56.2 Å². The fraction of sp³-hybridized carbons (Fsp3) is 0.500. The molecule has 2 rings (SSSR count). The fourth-order valence-corrected chi connectivity index (χ4v) is 8.25. The third kappa shape index (κ3) is 10.6. The van der Waals surface area contributed by atoms with E-state index >= 15 is 0 Å². The third-order valence-corrected chi connectivity index (χ3v) is 10.3. The van der Waals surface area contributed by atoms with Gasteiger partial charge in [-0.1, -0.05) is 76.8 Å². The predicted molar refractivity (Wildman–Crippen MR) is 147 cm³/mol. The van der Waals surface area contributed by atoms with Gasteiger partial charge < -0.3 is 4.74 Å². The van der Waals surface area contributed by atoms with Crippen LogP contribution in [-0.2, 0) is 44.7 Å². The molecule has 0 atom stereocenters. The summed E-state index contributed by atoms with van der Waals surface area (Å²) >= 11 is 0. The van der Waals surface area contributed by atoms with Crippen LogP contribution in [0.3, 0.4) is 0 Å². The first-order valence-corrected chi connectivity index (χ1v) is 18.5. The van der Waals surface area contributed by atoms with Crippen molar-refractivity contribution in [3.05, 3.63) is 36.4 Å². The highest BCUT2D eigenvalue weighted by Gasteiger charge is 2.33. The lowest BCUT2D eigenvalue weighted by molar-refractivity contribution is 0.304. The smallest absolute Gasteiger partial charge is 0.299 e. The van der Waals surface area contributed by atoms with Gasteiger partial charge in [0.2, 0.25) is 0 Å². The topological polar surface area (TPSA) is 216 Å². The van der Waals surface area contributed by atoms with Crippen LogP contribution in [0.4, 0.5) is 0 Å². The van der Waals surface area contributed by atoms with Gasteiger partial charge in [0.25, 0.3) is 40.5 Å². The van der Waals surface area contributed by atoms with E-state index in [-0.39, 0.29) is 6.61 Å². The van der Waals surface area contributed by atoms with Crippen molar-refractivity contribution in [2.24, 2.45) is 0 Å². The van der Waals surface area contributed by atoms with E-state index < -0.39 is 71.6 Å². The molecule has 232 valence electrons. The van der Waals surface area contributed by atoms with Crippen LogP contribution in [0.2, 0.25) is 0 Å². The molecule has 0 amide bonds. The molecule has 13 nitrogen and oxygen atoms in total. The molecule has 0 saturated carbocycles. The van der Waals surface area contributed by atoms with Crippen molar-refractivity contribution in [2.45, 2.75) is 90.7 Å². The van der Waals surface area contributed by atoms with Gasteiger partial charge in [-0.25, -0.2) is 0 Å². The average Bonchev–Trinajstić information content (AvgIpc) is 2.85. The Bertz CT molecular complexity index is 1610. The summed E-state index contributed by atoms with van der Waals surface area (Å²) in [6, 6.07) is 4.98. The lowest BCUT2D eigenvalue weighted by Crippen LogP contribution is -2.14. The molecular weight excluding hydrogens is 625 g/mol. The standard InChI is InChI=1S/C24H34O13S4/c1-2-3-4-5-6-7-8-9-10-11-18-36-41(34,35)22-17-13-15-20(24(22)40(31,32)33)37-19-14-12-16-21(38(25,26)27)23(19)39(28,29)30/h12-17H,2-11,18H2,1H3,(H,25,26,27)(H,28,29,30)(H,31,32,33). The Balaban J connectivity index is 2.27. The molecule has 41 heavy (non-hydrogen) atoms. The highest BCUT2D eigenvalue weighted by Crippen LogP contribution is 2.38. The molecule has 0 aromatic heterocycles. The molecule has 0 aliphatic carbocycles. The third-order valence-electron chi connectivity index (χ3n) is 5.91. The molecule has 0 unspecified atom stereocenters. The van der Waals surface area contributed by atoms with Gasteiger partial charge in [0.15, 0.2) is 9.79 Å². The van der Waals surface area contributed by atoms with Crippen LogP contribution < -0.4 is 4.74 Å². The molecule has 0 heterocycles. The Kier molecular flexibility index (Phi) is 12.7. The molecule has 2 aromatic rings. The average molecular weight is 659 g/mol. The van der Waals surface area contributed by atoms with Crippen molar-refractivity contribution in [3.63, 3.8) is 0 Å². The zero-order valence-electron chi connectivity index (χ0n) is 22.3. The van der Waals surface area contributed by atoms with E-state index in [1.165, 1.54) is 25.7 Å². The summed E-state index contributed by atoms with van der Waals surface area (Å²) < 4.78 is 136. The summed E-state index contributed by atoms with van der Waals surface area (Å²) in [6.07, 6.45) is 9.83. The number of unbranched alkanes of at least 4 members (excludes halogenated alkanes) is 9. The van der Waals surface area contributed by atoms with Gasteiger partial charge in [-0.05, 0) is 30.7 Å². The summed E-state index contributed by atoms with van der Waals surface area (Å²) in [7, 11) is -20.8. The van der Waals surface area contributed by atoms with Crippen molar-refractivity contribution in [2.75, 3.05) is 6.61 Å². The molecule has 3 N–H and O–H groups in total. The van der Waals surface area contributed by atoms with Crippen molar-refractivity contribution in [1.29, 1.82) is 0 Å². The molecule has 0 spiro atoms. The van der Waals surface area contributed by atoms with Gasteiger partial charge in [0.1, 0.15) is 21.3 Å². The zero-order chi connectivity index (χ0) is 30.9. The summed E-state index contributed by atoms with van der Waals surface area (Å²) in [4.78, 5) is -5.09. The molecular formula is C24H34O13S4. The first-order chi connectivity index (χ1) is 19.0. The lowest BCUT2D eigenvalue weighted by atomic mass is 10.1. The minimum Gasteiger partial charge on any atom is -0.454 e. The zero-order valence-corrected chi connectivity index (χ0v) is 25.6. The fourth-order valence-electron chi connectivity index (χ4n) is 4.00. The number of rotatable bonds is 18. The van der Waals surface area contributed by atoms with Crippen LogP contribution in [0.5, 0.6) is 11.5 Å². The second-order valence-corrected chi connectivity index (χ2v) is 14.8. The highest BCUT2D eigenvalue weighted by atomic mass is 32.2. The van der Waals surface area contributed by atoms with Gasteiger partial charge in [-0.3, -0.25) is 17.8 Å². The quantitative estimate of drug-likeness (QED) is 0.111. The Hall–Kier alpha value is -2.12. The number of ether oxygens (including phenoxy) is 1. The van der Waals surface area contributed by atoms with E-state index in [1.807, 2.05) is 0 Å². The van der Waals surface area contributed by atoms with E-state index in [0.717, 1.165) is 56.0 Å². The summed E-state index contributed by atoms with van der Waals surface area (Å²) in [5, 5.41) is 0. The van der Waals surface area contributed by atoms with Crippen molar-refractivity contribution in [1.82, 2.24) is 0 Å². The van der Waals surface area contributed by atoms with E-state index in [0.29, 0.717) is 18.9 Å². The highest BCUT2D eigenvalue weighted by molar-refractivity contribution is 7.89. The summed E-state index contributed by atoms with van der Waals surface area (Å²) in [5.41, 5.74) is 0. The molecule has 0 saturated heterocycles. The SMILES string of the molecule is CCCCCCCCCCCCOS(=O)(=O)c1cccc(Oc2cccc(S(=O)(=O)O)c2S(=O)(=O)O)c1S(=O)(=O)O. The normalized spacial score (nSPS) is 12.9. The molecule has 0 bridgehead atoms. The lowest BCUT2D eigenvalue weighted by Gasteiger charge is -2.16. The second-order valence-electron chi connectivity index (χ2n) is 9.15. The van der Waals surface area contributed by atoms with Crippen LogP contribution >= 0.6 is 0 Å². The first-order valence-electron chi connectivity index (χ1n) is 12.8. The molecule has 17 heteroatoms. The second kappa shape index (κ2) is 14.9. The van der Waals surface area contributed by atoms with E-state index in [1.54, 1.807) is 0 Å². The van der Waals surface area contributed by atoms with E-state index in [2.05, 4.69) is 6.92 Å². The molecule has 2 aromatic carbocycles. The van der Waals surface area contributed by atoms with Gasteiger partial charge in [0.05, 0.1) is 6.61 Å². The summed E-state index contributed by atoms with van der Waals surface area (Å²) in [5.74, 6) is -1.93. The van der Waals surface area contributed by atoms with Gasteiger partial charge in [-0.2, -0.15) is 33.7 Å². The number of benzene rings is 2. The first kappa shape index (κ1) is 35.1. The Morgan fingerprint density at radius 1 is 0.561 bits per heavy atom. The largest absolute Gasteiger partial charge is 0.454 e. The maximum Gasteiger partial charge on any atom is 0.299 e. The Labute approximate surface area is 241 Å². The van der Waals surface area contributed by atoms with Crippen LogP contribution in [0.15, 0.2) is 56.0 Å². The Morgan fingerprint density at radius 2 is 0.976 bits per heavy atom. The van der Waals surface area contributed by atoms with Gasteiger partial charge in [0, 0.05) is 0 Å². The maximum absolute atomic E-state index is 12.9. The van der Waals surface area contributed by atoms with Crippen LogP contribution in [-0.4, -0.2) is 53.9 Å². The monoisotopic (exact) mass is 658 g/mol. The van der Waals surface area contributed by atoms with Crippen LogP contribution in [0.25, 0.3) is 0 Å². The predicted octanol–water partition coefficient (Wildman–Crippen LogP) is 4.85. The van der Waals surface area contributed by atoms with Crippen LogP contribution in [0.1, 0.15) is 71.1 Å². The van der Waals surface area contributed by atoms with Gasteiger partial charge >= 0.3 is 0 Å². The minimum absolute atomic E-state index is 0.280. The van der Waals surface area contributed by atoms with Gasteiger partial charge in [-0.15, -0.1) is 0 Å². The van der Waals surface area contributed by atoms with E-state index in [9.17, 15) is 47.3 Å². The minimum atomic E-state index is -5.40. The molecule has 0 radical (unpaired) electrons. The molecule has 0 aliphatic heterocycles. The number of hydrogen-bond acceptors (Lipinski definition) is 10. The van der Waals surface area contributed by atoms with Crippen LogP contribution in [0, 0.1) is 0 Å². The summed E-state index contributed by atoms with van der Waals surface area (Å²) in [6.45, 7) is 1.87. The van der Waals surface area contributed by atoms with E-state index in [4.69, 9.17) is 8.92 Å². The van der Waals surface area contributed by atoms with Crippen molar-refractivity contribution >= 4 is 40.5 Å². The Morgan fingerprint density at radius 3 is 1.41 bits per heavy atom. The molecule has 0 aliphatic rings. The molecule has 0 fully saturated rings. The maximum atomic E-state index is 12.9. The van der Waals surface area contributed by atoms with Crippen molar-refractivity contribution in [3.8, 4) is 11.5 Å².